The maximum atomic E-state index is 12.3. The standard InChI is InChI=1S/C16H17ClN2O3S2/c1-11(16(20)18-14-5-3-4-6-15(14)23-2)19-24(21,22)13-9-7-12(17)8-10-13/h3-11,19H,1-2H3,(H,18,20)/t11-/m0/s1. The highest BCUT2D eigenvalue weighted by molar-refractivity contribution is 7.98. The molecule has 1 atom stereocenters. The Hall–Kier alpha value is -1.54. The summed E-state index contributed by atoms with van der Waals surface area (Å²) >= 11 is 7.25. The smallest absolute Gasteiger partial charge is 0.242 e. The SMILES string of the molecule is CSc1ccccc1NC(=O)[C@H](C)NS(=O)(=O)c1ccc(Cl)cc1. The Morgan fingerprint density at radius 3 is 2.38 bits per heavy atom. The molecule has 24 heavy (non-hydrogen) atoms. The fraction of sp³-hybridized carbons (Fsp3) is 0.188. The van der Waals surface area contributed by atoms with Crippen LogP contribution in [0.25, 0.3) is 0 Å². The summed E-state index contributed by atoms with van der Waals surface area (Å²) in [6, 6.07) is 12.1. The van der Waals surface area contributed by atoms with Crippen LogP contribution in [0.1, 0.15) is 6.92 Å². The molecule has 5 nitrogen and oxygen atoms in total. The van der Waals surface area contributed by atoms with Crippen LogP contribution >= 0.6 is 23.4 Å². The van der Waals surface area contributed by atoms with Crippen molar-refractivity contribution in [3.8, 4) is 0 Å². The first kappa shape index (κ1) is 18.8. The number of carbonyl (C=O) groups is 1. The summed E-state index contributed by atoms with van der Waals surface area (Å²) in [5.41, 5.74) is 0.646. The van der Waals surface area contributed by atoms with E-state index in [1.165, 1.54) is 43.0 Å². The summed E-state index contributed by atoms with van der Waals surface area (Å²) in [6.45, 7) is 1.49. The maximum absolute atomic E-state index is 12.3. The van der Waals surface area contributed by atoms with E-state index in [1.807, 2.05) is 18.4 Å². The lowest BCUT2D eigenvalue weighted by atomic mass is 10.3. The Labute approximate surface area is 150 Å². The molecule has 2 rings (SSSR count). The molecule has 2 N–H and O–H groups in total. The Morgan fingerprint density at radius 1 is 1.12 bits per heavy atom. The summed E-state index contributed by atoms with van der Waals surface area (Å²) in [6.07, 6.45) is 1.90. The predicted molar refractivity (Wildman–Crippen MR) is 98.1 cm³/mol. The van der Waals surface area contributed by atoms with Gasteiger partial charge in [-0.3, -0.25) is 4.79 Å². The van der Waals surface area contributed by atoms with E-state index in [9.17, 15) is 13.2 Å². The lowest BCUT2D eigenvalue weighted by Gasteiger charge is -2.16. The van der Waals surface area contributed by atoms with Gasteiger partial charge in [0.2, 0.25) is 15.9 Å². The molecule has 0 aliphatic carbocycles. The quantitative estimate of drug-likeness (QED) is 0.749. The lowest BCUT2D eigenvalue weighted by molar-refractivity contribution is -0.117. The van der Waals surface area contributed by atoms with Gasteiger partial charge in [0, 0.05) is 9.92 Å². The van der Waals surface area contributed by atoms with Crippen LogP contribution in [0.3, 0.4) is 0 Å². The van der Waals surface area contributed by atoms with Crippen LogP contribution in [0.5, 0.6) is 0 Å². The number of rotatable bonds is 6. The summed E-state index contributed by atoms with van der Waals surface area (Å²) in [7, 11) is -3.80. The molecule has 128 valence electrons. The number of amides is 1. The fourth-order valence-corrected chi connectivity index (χ4v) is 3.84. The van der Waals surface area contributed by atoms with Crippen molar-refractivity contribution >= 4 is 45.0 Å². The normalized spacial score (nSPS) is 12.6. The predicted octanol–water partition coefficient (Wildman–Crippen LogP) is 3.37. The van der Waals surface area contributed by atoms with E-state index in [0.717, 1.165) is 4.90 Å². The first-order valence-corrected chi connectivity index (χ1v) is 10.1. The van der Waals surface area contributed by atoms with Crippen molar-refractivity contribution in [1.29, 1.82) is 0 Å². The minimum Gasteiger partial charge on any atom is -0.324 e. The number of halogens is 1. The molecular formula is C16H17ClN2O3S2. The van der Waals surface area contributed by atoms with Crippen molar-refractivity contribution in [2.45, 2.75) is 22.8 Å². The van der Waals surface area contributed by atoms with Gasteiger partial charge in [-0.1, -0.05) is 23.7 Å². The molecule has 0 radical (unpaired) electrons. The van der Waals surface area contributed by atoms with Gasteiger partial charge in [-0.05, 0) is 49.6 Å². The molecular weight excluding hydrogens is 368 g/mol. The molecule has 0 bridgehead atoms. The minimum atomic E-state index is -3.80. The van der Waals surface area contributed by atoms with Crippen molar-refractivity contribution < 1.29 is 13.2 Å². The van der Waals surface area contributed by atoms with Crippen molar-refractivity contribution in [3.63, 3.8) is 0 Å². The highest BCUT2D eigenvalue weighted by Gasteiger charge is 2.22. The van der Waals surface area contributed by atoms with E-state index in [1.54, 1.807) is 12.1 Å². The largest absolute Gasteiger partial charge is 0.324 e. The van der Waals surface area contributed by atoms with E-state index in [-0.39, 0.29) is 4.90 Å². The average molecular weight is 385 g/mol. The number of benzene rings is 2. The fourth-order valence-electron chi connectivity index (χ4n) is 1.96. The lowest BCUT2D eigenvalue weighted by Crippen LogP contribution is -2.41. The van der Waals surface area contributed by atoms with Gasteiger partial charge in [0.25, 0.3) is 0 Å². The Balaban J connectivity index is 2.09. The maximum Gasteiger partial charge on any atom is 0.242 e. The van der Waals surface area contributed by atoms with Crippen LogP contribution < -0.4 is 10.0 Å². The van der Waals surface area contributed by atoms with Crippen LogP contribution in [0.15, 0.2) is 58.3 Å². The molecule has 1 amide bonds. The third-order valence-corrected chi connectivity index (χ3v) is 5.82. The number of para-hydroxylation sites is 1. The van der Waals surface area contributed by atoms with Crippen molar-refractivity contribution in [2.24, 2.45) is 0 Å². The third kappa shape index (κ3) is 4.73. The van der Waals surface area contributed by atoms with Crippen LogP contribution in [0, 0.1) is 0 Å². The molecule has 2 aromatic carbocycles. The molecule has 0 fully saturated rings. The second kappa shape index (κ2) is 8.02. The van der Waals surface area contributed by atoms with Gasteiger partial charge in [0.05, 0.1) is 16.6 Å². The van der Waals surface area contributed by atoms with Gasteiger partial charge in [-0.2, -0.15) is 4.72 Å². The summed E-state index contributed by atoms with van der Waals surface area (Å²) in [5.74, 6) is -0.436. The van der Waals surface area contributed by atoms with E-state index >= 15 is 0 Å². The van der Waals surface area contributed by atoms with Crippen LogP contribution in [-0.2, 0) is 14.8 Å². The molecule has 0 aliphatic rings. The Morgan fingerprint density at radius 2 is 1.75 bits per heavy atom. The number of carbonyl (C=O) groups excluding carboxylic acids is 1. The average Bonchev–Trinajstić information content (AvgIpc) is 2.55. The molecule has 0 aromatic heterocycles. The third-order valence-electron chi connectivity index (χ3n) is 3.21. The van der Waals surface area contributed by atoms with Gasteiger partial charge in [0.15, 0.2) is 0 Å². The monoisotopic (exact) mass is 384 g/mol. The van der Waals surface area contributed by atoms with Crippen LogP contribution in [0.4, 0.5) is 5.69 Å². The number of nitrogens with one attached hydrogen (secondary N) is 2. The highest BCUT2D eigenvalue weighted by atomic mass is 35.5. The van der Waals surface area contributed by atoms with Crippen molar-refractivity contribution in [3.05, 3.63) is 53.6 Å². The zero-order valence-corrected chi connectivity index (χ0v) is 15.5. The van der Waals surface area contributed by atoms with E-state index in [0.29, 0.717) is 10.7 Å². The number of anilines is 1. The van der Waals surface area contributed by atoms with Gasteiger partial charge >= 0.3 is 0 Å². The number of thioether (sulfide) groups is 1. The number of hydrogen-bond donors (Lipinski definition) is 2. The first-order chi connectivity index (χ1) is 11.3. The zero-order chi connectivity index (χ0) is 17.7. The zero-order valence-electron chi connectivity index (χ0n) is 13.1. The van der Waals surface area contributed by atoms with E-state index < -0.39 is 22.0 Å². The molecule has 0 unspecified atom stereocenters. The molecule has 2 aromatic rings. The van der Waals surface area contributed by atoms with E-state index in [2.05, 4.69) is 10.0 Å². The molecule has 8 heteroatoms. The number of hydrogen-bond acceptors (Lipinski definition) is 4. The topological polar surface area (TPSA) is 75.3 Å². The Bertz CT molecular complexity index is 823. The second-order valence-electron chi connectivity index (χ2n) is 4.99. The number of sulfonamides is 1. The van der Waals surface area contributed by atoms with Crippen molar-refractivity contribution in [1.82, 2.24) is 4.72 Å². The molecule has 0 spiro atoms. The van der Waals surface area contributed by atoms with Crippen molar-refractivity contribution in [2.75, 3.05) is 11.6 Å². The van der Waals surface area contributed by atoms with Gasteiger partial charge in [-0.25, -0.2) is 8.42 Å². The molecule has 0 saturated carbocycles. The minimum absolute atomic E-state index is 0.0519. The van der Waals surface area contributed by atoms with Gasteiger partial charge < -0.3 is 5.32 Å². The second-order valence-corrected chi connectivity index (χ2v) is 7.98. The summed E-state index contributed by atoms with van der Waals surface area (Å²) in [5, 5.41) is 3.17. The molecule has 0 heterocycles. The Kier molecular flexibility index (Phi) is 6.28. The van der Waals surface area contributed by atoms with E-state index in [4.69, 9.17) is 11.6 Å². The summed E-state index contributed by atoms with van der Waals surface area (Å²) in [4.78, 5) is 13.2. The van der Waals surface area contributed by atoms with Crippen LogP contribution in [-0.4, -0.2) is 26.6 Å². The molecule has 0 aliphatic heterocycles. The molecule has 0 saturated heterocycles. The van der Waals surface area contributed by atoms with Gasteiger partial charge in [0.1, 0.15) is 0 Å². The van der Waals surface area contributed by atoms with Crippen LogP contribution in [0.2, 0.25) is 5.02 Å². The summed E-state index contributed by atoms with van der Waals surface area (Å²) < 4.78 is 27.0. The van der Waals surface area contributed by atoms with Gasteiger partial charge in [-0.15, -0.1) is 11.8 Å². The first-order valence-electron chi connectivity index (χ1n) is 7.05. The highest BCUT2D eigenvalue weighted by Crippen LogP contribution is 2.24.